The number of hydrogen-bond acceptors (Lipinski definition) is 5. The van der Waals surface area contributed by atoms with E-state index in [0.717, 1.165) is 28.0 Å². The highest BCUT2D eigenvalue weighted by Gasteiger charge is 2.21. The van der Waals surface area contributed by atoms with Crippen LogP contribution in [-0.4, -0.2) is 37.4 Å². The van der Waals surface area contributed by atoms with Gasteiger partial charge in [-0.1, -0.05) is 12.1 Å². The summed E-state index contributed by atoms with van der Waals surface area (Å²) in [6, 6.07) is 15.6. The van der Waals surface area contributed by atoms with E-state index in [0.29, 0.717) is 13.2 Å². The highest BCUT2D eigenvalue weighted by atomic mass is 28.3. The Balaban J connectivity index is 2.11. The van der Waals surface area contributed by atoms with Gasteiger partial charge in [0.25, 0.3) is 0 Å². The summed E-state index contributed by atoms with van der Waals surface area (Å²) in [6.45, 7) is 5.16. The quantitative estimate of drug-likeness (QED) is 0.613. The van der Waals surface area contributed by atoms with E-state index in [4.69, 9.17) is 13.8 Å². The molecule has 0 N–H and O–H groups in total. The summed E-state index contributed by atoms with van der Waals surface area (Å²) in [5, 5.41) is 1.00. The zero-order valence-electron chi connectivity index (χ0n) is 14.3. The summed E-state index contributed by atoms with van der Waals surface area (Å²) in [7, 11) is -1.58. The van der Waals surface area contributed by atoms with E-state index in [1.165, 1.54) is 0 Å². The summed E-state index contributed by atoms with van der Waals surface area (Å²) in [5.74, 6) is 0. The third-order valence-electron chi connectivity index (χ3n) is 3.47. The SMILES string of the molecule is CCO[Si](OCC)c1cc(-c2ccccn2)nc(-c2ccccn2)c1. The van der Waals surface area contributed by atoms with E-state index in [-0.39, 0.29) is 0 Å². The van der Waals surface area contributed by atoms with Crippen molar-refractivity contribution in [2.75, 3.05) is 13.2 Å². The lowest BCUT2D eigenvalue weighted by Gasteiger charge is -2.15. The molecule has 0 saturated carbocycles. The fourth-order valence-electron chi connectivity index (χ4n) is 2.41. The second-order valence-corrected chi connectivity index (χ2v) is 6.94. The third kappa shape index (κ3) is 4.36. The van der Waals surface area contributed by atoms with E-state index < -0.39 is 9.28 Å². The molecule has 0 atom stereocenters. The summed E-state index contributed by atoms with van der Waals surface area (Å²) < 4.78 is 11.7. The van der Waals surface area contributed by atoms with Crippen LogP contribution in [0, 0.1) is 0 Å². The zero-order valence-corrected chi connectivity index (χ0v) is 15.3. The maximum atomic E-state index is 5.86. The van der Waals surface area contributed by atoms with Crippen molar-refractivity contribution in [2.45, 2.75) is 13.8 Å². The Bertz CT molecular complexity index is 737. The molecule has 0 unspecified atom stereocenters. The zero-order chi connectivity index (χ0) is 17.5. The van der Waals surface area contributed by atoms with Crippen LogP contribution in [0.5, 0.6) is 0 Å². The predicted molar refractivity (Wildman–Crippen MR) is 99.3 cm³/mol. The van der Waals surface area contributed by atoms with Crippen LogP contribution in [0.1, 0.15) is 13.8 Å². The lowest BCUT2D eigenvalue weighted by molar-refractivity contribution is 0.225. The van der Waals surface area contributed by atoms with Crippen LogP contribution in [0.2, 0.25) is 0 Å². The van der Waals surface area contributed by atoms with Crippen molar-refractivity contribution in [3.05, 3.63) is 60.9 Å². The molecule has 6 heteroatoms. The van der Waals surface area contributed by atoms with Crippen molar-refractivity contribution in [1.29, 1.82) is 0 Å². The molecule has 0 saturated heterocycles. The van der Waals surface area contributed by atoms with Crippen molar-refractivity contribution in [2.24, 2.45) is 0 Å². The molecule has 5 nitrogen and oxygen atoms in total. The van der Waals surface area contributed by atoms with E-state index in [9.17, 15) is 0 Å². The minimum absolute atomic E-state index is 0.606. The Labute approximate surface area is 149 Å². The normalized spacial score (nSPS) is 11.0. The predicted octanol–water partition coefficient (Wildman–Crippen LogP) is 2.97. The molecule has 0 aliphatic heterocycles. The van der Waals surface area contributed by atoms with Crippen molar-refractivity contribution in [3.8, 4) is 22.8 Å². The Morgan fingerprint density at radius 1 is 0.760 bits per heavy atom. The van der Waals surface area contributed by atoms with E-state index in [1.807, 2.05) is 62.4 Å². The topological polar surface area (TPSA) is 57.1 Å². The van der Waals surface area contributed by atoms with Gasteiger partial charge < -0.3 is 8.85 Å². The van der Waals surface area contributed by atoms with Gasteiger partial charge in [0.15, 0.2) is 0 Å². The first-order valence-corrected chi connectivity index (χ1v) is 9.61. The summed E-state index contributed by atoms with van der Waals surface area (Å²) in [6.07, 6.45) is 3.53. The molecule has 0 amide bonds. The molecule has 127 valence electrons. The molecule has 3 heterocycles. The molecule has 0 aromatic carbocycles. The van der Waals surface area contributed by atoms with Gasteiger partial charge in [-0.25, -0.2) is 4.98 Å². The molecule has 3 aromatic rings. The first-order valence-electron chi connectivity index (χ1n) is 8.29. The van der Waals surface area contributed by atoms with Gasteiger partial charge in [-0.15, -0.1) is 0 Å². The molecule has 0 aliphatic carbocycles. The summed E-state index contributed by atoms with van der Waals surface area (Å²) in [5.41, 5.74) is 3.22. The van der Waals surface area contributed by atoms with Crippen molar-refractivity contribution in [3.63, 3.8) is 0 Å². The van der Waals surface area contributed by atoms with Gasteiger partial charge in [-0.05, 0) is 50.2 Å². The van der Waals surface area contributed by atoms with Crippen molar-refractivity contribution < 1.29 is 8.85 Å². The molecule has 1 radical (unpaired) electrons. The molecular formula is C19H20N3O2Si. The Morgan fingerprint density at radius 2 is 1.28 bits per heavy atom. The molecule has 3 aromatic heterocycles. The highest BCUT2D eigenvalue weighted by molar-refractivity contribution is 6.61. The van der Waals surface area contributed by atoms with Crippen LogP contribution in [0.4, 0.5) is 0 Å². The van der Waals surface area contributed by atoms with Gasteiger partial charge in [0.05, 0.1) is 22.8 Å². The first kappa shape index (κ1) is 17.4. The van der Waals surface area contributed by atoms with Gasteiger partial charge in [0.1, 0.15) is 0 Å². The largest absolute Gasteiger partial charge is 0.423 e. The fourth-order valence-corrected chi connectivity index (χ4v) is 3.86. The van der Waals surface area contributed by atoms with Gasteiger partial charge in [0.2, 0.25) is 0 Å². The maximum Gasteiger partial charge on any atom is 0.423 e. The number of pyridine rings is 3. The molecule has 0 bridgehead atoms. The van der Waals surface area contributed by atoms with Crippen LogP contribution in [-0.2, 0) is 8.85 Å². The Morgan fingerprint density at radius 3 is 1.68 bits per heavy atom. The highest BCUT2D eigenvalue weighted by Crippen LogP contribution is 2.19. The minimum atomic E-state index is -1.58. The van der Waals surface area contributed by atoms with E-state index in [2.05, 4.69) is 9.97 Å². The lowest BCUT2D eigenvalue weighted by Crippen LogP contribution is -2.37. The van der Waals surface area contributed by atoms with Gasteiger partial charge in [-0.3, -0.25) is 9.97 Å². The molecule has 25 heavy (non-hydrogen) atoms. The van der Waals surface area contributed by atoms with Crippen LogP contribution < -0.4 is 5.19 Å². The molecule has 3 rings (SSSR count). The number of aromatic nitrogens is 3. The number of hydrogen-bond donors (Lipinski definition) is 0. The Kier molecular flexibility index (Phi) is 6.00. The Hall–Kier alpha value is -2.41. The van der Waals surface area contributed by atoms with Crippen molar-refractivity contribution >= 4 is 14.5 Å². The van der Waals surface area contributed by atoms with Crippen LogP contribution in [0.3, 0.4) is 0 Å². The van der Waals surface area contributed by atoms with Crippen molar-refractivity contribution in [1.82, 2.24) is 15.0 Å². The third-order valence-corrected chi connectivity index (χ3v) is 5.33. The molecule has 0 fully saturated rings. The second kappa shape index (κ2) is 8.62. The van der Waals surface area contributed by atoms with Gasteiger partial charge in [-0.2, -0.15) is 0 Å². The first-order chi connectivity index (χ1) is 12.3. The monoisotopic (exact) mass is 350 g/mol. The fraction of sp³-hybridized carbons (Fsp3) is 0.211. The minimum Gasteiger partial charge on any atom is -0.390 e. The molecule has 0 spiro atoms. The van der Waals surface area contributed by atoms with Gasteiger partial charge >= 0.3 is 9.28 Å². The lowest BCUT2D eigenvalue weighted by atomic mass is 10.2. The van der Waals surface area contributed by atoms with Crippen LogP contribution >= 0.6 is 0 Å². The number of rotatable bonds is 7. The molecule has 0 aliphatic rings. The maximum absolute atomic E-state index is 5.86. The average molecular weight is 350 g/mol. The molecular weight excluding hydrogens is 330 g/mol. The van der Waals surface area contributed by atoms with Gasteiger partial charge in [0, 0.05) is 30.8 Å². The second-order valence-electron chi connectivity index (χ2n) is 5.21. The summed E-state index contributed by atoms with van der Waals surface area (Å²) >= 11 is 0. The van der Waals surface area contributed by atoms with Crippen LogP contribution in [0.15, 0.2) is 60.9 Å². The van der Waals surface area contributed by atoms with E-state index in [1.54, 1.807) is 12.4 Å². The number of nitrogens with zero attached hydrogens (tertiary/aromatic N) is 3. The summed E-state index contributed by atoms with van der Waals surface area (Å²) in [4.78, 5) is 13.6. The smallest absolute Gasteiger partial charge is 0.390 e. The van der Waals surface area contributed by atoms with E-state index >= 15 is 0 Å². The average Bonchev–Trinajstić information content (AvgIpc) is 2.69. The van der Waals surface area contributed by atoms with Crippen LogP contribution in [0.25, 0.3) is 22.8 Å². The standard InChI is InChI=1S/C19H20N3O2Si/c1-3-23-25(24-4-2)15-13-18(16-9-5-7-11-20-16)22-19(14-15)17-10-6-8-12-21-17/h5-14H,3-4H2,1-2H3.